The minimum absolute atomic E-state index is 0.561. The first-order valence-electron chi connectivity index (χ1n) is 6.09. The van der Waals surface area contributed by atoms with Gasteiger partial charge in [0.25, 0.3) is 0 Å². The first-order valence-corrected chi connectivity index (χ1v) is 6.09. The van der Waals surface area contributed by atoms with E-state index >= 15 is 0 Å². The third-order valence-corrected chi connectivity index (χ3v) is 2.93. The van der Waals surface area contributed by atoms with Crippen LogP contribution in [0.1, 0.15) is 12.8 Å². The lowest BCUT2D eigenvalue weighted by atomic mass is 10.1. The van der Waals surface area contributed by atoms with E-state index in [0.717, 1.165) is 17.0 Å². The van der Waals surface area contributed by atoms with Crippen molar-refractivity contribution in [1.82, 2.24) is 9.97 Å². The molecule has 0 bridgehead atoms. The van der Waals surface area contributed by atoms with Crippen LogP contribution in [-0.2, 0) is 0 Å². The standard InChI is InChI=1S/C14H15N3O/c1-18-12-4-2-3-10(9-12)13-7-8-15-14(17-13)16-11-5-6-11/h2-4,7-9,11H,5-6H2,1H3,(H,15,16,17). The first-order chi connectivity index (χ1) is 8.85. The molecule has 92 valence electrons. The fourth-order valence-electron chi connectivity index (χ4n) is 1.78. The van der Waals surface area contributed by atoms with Crippen LogP contribution >= 0.6 is 0 Å². The normalized spacial score (nSPS) is 14.3. The number of ether oxygens (including phenoxy) is 1. The average Bonchev–Trinajstić information content (AvgIpc) is 3.23. The Kier molecular flexibility index (Phi) is 2.84. The largest absolute Gasteiger partial charge is 0.497 e. The van der Waals surface area contributed by atoms with E-state index in [9.17, 15) is 0 Å². The topological polar surface area (TPSA) is 47.0 Å². The smallest absolute Gasteiger partial charge is 0.223 e. The van der Waals surface area contributed by atoms with Crippen LogP contribution in [-0.4, -0.2) is 23.1 Å². The van der Waals surface area contributed by atoms with Crippen molar-refractivity contribution in [3.63, 3.8) is 0 Å². The van der Waals surface area contributed by atoms with Crippen molar-refractivity contribution in [2.24, 2.45) is 0 Å². The molecule has 1 saturated carbocycles. The van der Waals surface area contributed by atoms with Gasteiger partial charge in [-0.2, -0.15) is 0 Å². The number of nitrogens with zero attached hydrogens (tertiary/aromatic N) is 2. The molecule has 0 amide bonds. The van der Waals surface area contributed by atoms with Crippen molar-refractivity contribution in [2.75, 3.05) is 12.4 Å². The molecule has 0 aliphatic heterocycles. The Bertz CT molecular complexity index is 552. The van der Waals surface area contributed by atoms with E-state index in [4.69, 9.17) is 4.74 Å². The number of anilines is 1. The van der Waals surface area contributed by atoms with E-state index in [1.807, 2.05) is 30.3 Å². The Morgan fingerprint density at radius 2 is 2.17 bits per heavy atom. The summed E-state index contributed by atoms with van der Waals surface area (Å²) < 4.78 is 5.22. The van der Waals surface area contributed by atoms with Crippen molar-refractivity contribution >= 4 is 5.95 Å². The monoisotopic (exact) mass is 241 g/mol. The maximum absolute atomic E-state index is 5.22. The van der Waals surface area contributed by atoms with Gasteiger partial charge >= 0.3 is 0 Å². The summed E-state index contributed by atoms with van der Waals surface area (Å²) in [6, 6.07) is 10.4. The summed E-state index contributed by atoms with van der Waals surface area (Å²) >= 11 is 0. The molecule has 1 aromatic heterocycles. The van der Waals surface area contributed by atoms with Crippen LogP contribution in [0.3, 0.4) is 0 Å². The predicted octanol–water partition coefficient (Wildman–Crippen LogP) is 2.73. The fourth-order valence-corrected chi connectivity index (χ4v) is 1.78. The van der Waals surface area contributed by atoms with Gasteiger partial charge in [-0.3, -0.25) is 0 Å². The molecule has 0 atom stereocenters. The van der Waals surface area contributed by atoms with Crippen LogP contribution in [0.2, 0.25) is 0 Å². The van der Waals surface area contributed by atoms with Gasteiger partial charge in [0.15, 0.2) is 0 Å². The van der Waals surface area contributed by atoms with E-state index < -0.39 is 0 Å². The second kappa shape index (κ2) is 4.64. The summed E-state index contributed by atoms with van der Waals surface area (Å²) in [5.74, 6) is 1.54. The molecule has 1 aromatic carbocycles. The van der Waals surface area contributed by atoms with Gasteiger partial charge in [0.2, 0.25) is 5.95 Å². The van der Waals surface area contributed by atoms with Gasteiger partial charge in [0.1, 0.15) is 5.75 Å². The molecule has 1 fully saturated rings. The number of hydrogen-bond donors (Lipinski definition) is 1. The number of rotatable bonds is 4. The second-order valence-electron chi connectivity index (χ2n) is 4.42. The van der Waals surface area contributed by atoms with Crippen molar-refractivity contribution in [3.05, 3.63) is 36.5 Å². The van der Waals surface area contributed by atoms with Crippen molar-refractivity contribution in [3.8, 4) is 17.0 Å². The lowest BCUT2D eigenvalue weighted by Gasteiger charge is -2.06. The highest BCUT2D eigenvalue weighted by Gasteiger charge is 2.21. The molecule has 3 rings (SSSR count). The average molecular weight is 241 g/mol. The summed E-state index contributed by atoms with van der Waals surface area (Å²) in [6.45, 7) is 0. The highest BCUT2D eigenvalue weighted by molar-refractivity contribution is 5.62. The summed E-state index contributed by atoms with van der Waals surface area (Å²) in [5, 5.41) is 3.30. The highest BCUT2D eigenvalue weighted by Crippen LogP contribution is 2.25. The Labute approximate surface area is 106 Å². The zero-order chi connectivity index (χ0) is 12.4. The Morgan fingerprint density at radius 3 is 2.94 bits per heavy atom. The molecule has 18 heavy (non-hydrogen) atoms. The summed E-state index contributed by atoms with van der Waals surface area (Å²) in [7, 11) is 1.67. The molecule has 1 aliphatic rings. The Hall–Kier alpha value is -2.10. The van der Waals surface area contributed by atoms with Gasteiger partial charge < -0.3 is 10.1 Å². The minimum Gasteiger partial charge on any atom is -0.497 e. The van der Waals surface area contributed by atoms with Crippen LogP contribution in [0.5, 0.6) is 5.75 Å². The van der Waals surface area contributed by atoms with Crippen molar-refractivity contribution in [2.45, 2.75) is 18.9 Å². The van der Waals surface area contributed by atoms with E-state index in [1.54, 1.807) is 13.3 Å². The van der Waals surface area contributed by atoms with E-state index in [-0.39, 0.29) is 0 Å². The molecule has 4 heteroatoms. The SMILES string of the molecule is COc1cccc(-c2ccnc(NC3CC3)n2)c1. The van der Waals surface area contributed by atoms with Gasteiger partial charge in [0.05, 0.1) is 12.8 Å². The number of benzene rings is 1. The van der Waals surface area contributed by atoms with Gasteiger partial charge in [-0.25, -0.2) is 9.97 Å². The van der Waals surface area contributed by atoms with Gasteiger partial charge in [-0.15, -0.1) is 0 Å². The Morgan fingerprint density at radius 1 is 1.28 bits per heavy atom. The number of methoxy groups -OCH3 is 1. The molecule has 2 aromatic rings. The van der Waals surface area contributed by atoms with Crippen LogP contribution in [0, 0.1) is 0 Å². The fraction of sp³-hybridized carbons (Fsp3) is 0.286. The zero-order valence-electron chi connectivity index (χ0n) is 10.3. The second-order valence-corrected chi connectivity index (χ2v) is 4.42. The van der Waals surface area contributed by atoms with Gasteiger partial charge in [-0.1, -0.05) is 12.1 Å². The molecular formula is C14H15N3O. The number of hydrogen-bond acceptors (Lipinski definition) is 4. The maximum atomic E-state index is 5.22. The third kappa shape index (κ3) is 2.42. The molecule has 1 N–H and O–H groups in total. The maximum Gasteiger partial charge on any atom is 0.223 e. The molecule has 1 heterocycles. The molecule has 1 aliphatic carbocycles. The predicted molar refractivity (Wildman–Crippen MR) is 70.7 cm³/mol. The molecule has 0 spiro atoms. The van der Waals surface area contributed by atoms with Crippen molar-refractivity contribution < 1.29 is 4.74 Å². The summed E-state index contributed by atoms with van der Waals surface area (Å²) in [4.78, 5) is 8.75. The Balaban J connectivity index is 1.89. The molecular weight excluding hydrogens is 226 g/mol. The molecule has 0 saturated heterocycles. The number of nitrogens with one attached hydrogen (secondary N) is 1. The van der Waals surface area contributed by atoms with E-state index in [0.29, 0.717) is 12.0 Å². The third-order valence-electron chi connectivity index (χ3n) is 2.93. The van der Waals surface area contributed by atoms with Crippen LogP contribution in [0.4, 0.5) is 5.95 Å². The molecule has 4 nitrogen and oxygen atoms in total. The lowest BCUT2D eigenvalue weighted by Crippen LogP contribution is -2.05. The minimum atomic E-state index is 0.561. The summed E-state index contributed by atoms with van der Waals surface area (Å²) in [6.07, 6.45) is 4.21. The van der Waals surface area contributed by atoms with Gasteiger partial charge in [0, 0.05) is 17.8 Å². The van der Waals surface area contributed by atoms with Crippen molar-refractivity contribution in [1.29, 1.82) is 0 Å². The highest BCUT2D eigenvalue weighted by atomic mass is 16.5. The van der Waals surface area contributed by atoms with Crippen LogP contribution in [0.25, 0.3) is 11.3 Å². The lowest BCUT2D eigenvalue weighted by molar-refractivity contribution is 0.415. The number of aromatic nitrogens is 2. The van der Waals surface area contributed by atoms with Crippen LogP contribution in [0.15, 0.2) is 36.5 Å². The quantitative estimate of drug-likeness (QED) is 0.894. The summed E-state index contributed by atoms with van der Waals surface area (Å²) in [5.41, 5.74) is 1.95. The first kappa shape index (κ1) is 11.0. The van der Waals surface area contributed by atoms with Crippen LogP contribution < -0.4 is 10.1 Å². The van der Waals surface area contributed by atoms with Gasteiger partial charge in [-0.05, 0) is 31.0 Å². The van der Waals surface area contributed by atoms with E-state index in [2.05, 4.69) is 15.3 Å². The van der Waals surface area contributed by atoms with E-state index in [1.165, 1.54) is 12.8 Å². The molecule has 0 radical (unpaired) electrons. The zero-order valence-corrected chi connectivity index (χ0v) is 10.3. The molecule has 0 unspecified atom stereocenters.